The second kappa shape index (κ2) is 9.06. The molecule has 8 nitrogen and oxygen atoms in total. The van der Waals surface area contributed by atoms with Crippen molar-refractivity contribution < 1.29 is 13.9 Å². The first kappa shape index (κ1) is 24.3. The summed E-state index contributed by atoms with van der Waals surface area (Å²) >= 11 is 0. The Kier molecular flexibility index (Phi) is 5.95. The first-order valence-electron chi connectivity index (χ1n) is 13.2. The zero-order valence-corrected chi connectivity index (χ0v) is 21.9. The highest BCUT2D eigenvalue weighted by Crippen LogP contribution is 2.54. The minimum atomic E-state index is -0.944. The van der Waals surface area contributed by atoms with Crippen LogP contribution < -0.4 is 10.2 Å². The molecule has 1 aliphatic carbocycles. The van der Waals surface area contributed by atoms with Crippen LogP contribution in [0.2, 0.25) is 0 Å². The highest BCUT2D eigenvalue weighted by molar-refractivity contribution is 5.97. The predicted molar refractivity (Wildman–Crippen MR) is 142 cm³/mol. The fraction of sp³-hybridized carbons (Fsp3) is 0.536. The molecule has 1 aromatic carbocycles. The number of hydrogen-bond acceptors (Lipinski definition) is 6. The number of fused-ring (bicyclic) bond motifs is 1. The number of aryl methyl sites for hydroxylation is 2. The lowest BCUT2D eigenvalue weighted by Crippen LogP contribution is -2.59. The largest absolute Gasteiger partial charge is 0.376 e. The average molecular weight is 507 g/mol. The Hall–Kier alpha value is -3.04. The molecule has 5 atom stereocenters. The Labute approximate surface area is 216 Å². The SMILES string of the molecule is Cc1cc2cnc(NC(=O)C3C(C)C3c3cnn(C)c3)cc2cc1N1CCN([C@]2(C)COC[C@@H]2F)CC1. The number of amides is 1. The third-order valence-electron chi connectivity index (χ3n) is 8.76. The number of alkyl halides is 1. The van der Waals surface area contributed by atoms with E-state index in [1.165, 1.54) is 11.3 Å². The first-order chi connectivity index (χ1) is 17.7. The third-order valence-corrected chi connectivity index (χ3v) is 8.76. The molecule has 4 heterocycles. The predicted octanol–water partition coefficient (Wildman–Crippen LogP) is 3.51. The van der Waals surface area contributed by atoms with E-state index in [0.717, 1.165) is 42.5 Å². The van der Waals surface area contributed by atoms with E-state index in [-0.39, 0.29) is 30.3 Å². The Morgan fingerprint density at radius 3 is 2.62 bits per heavy atom. The number of carbonyl (C=O) groups is 1. The van der Waals surface area contributed by atoms with Crippen molar-refractivity contribution >= 4 is 28.2 Å². The second-order valence-electron chi connectivity index (χ2n) is 11.2. The van der Waals surface area contributed by atoms with Gasteiger partial charge in [0, 0.05) is 68.5 Å². The summed E-state index contributed by atoms with van der Waals surface area (Å²) in [6, 6.07) is 6.30. The number of pyridine rings is 1. The van der Waals surface area contributed by atoms with E-state index in [2.05, 4.69) is 51.2 Å². The van der Waals surface area contributed by atoms with Gasteiger partial charge in [-0.3, -0.25) is 14.4 Å². The summed E-state index contributed by atoms with van der Waals surface area (Å²) in [5.74, 6) is 0.996. The summed E-state index contributed by atoms with van der Waals surface area (Å²) in [6.45, 7) is 10.1. The number of carbonyl (C=O) groups excluding carboxylic acids is 1. The van der Waals surface area contributed by atoms with Crippen LogP contribution in [0.5, 0.6) is 0 Å². The molecule has 3 aliphatic rings. The zero-order chi connectivity index (χ0) is 25.9. The number of aromatic nitrogens is 3. The standard InChI is InChI=1S/C28H35FN6O2/c1-17-9-20-12-30-24(32-27(36)26-18(2)25(26)21-13-31-33(4)14-21)11-19(20)10-22(17)34-5-7-35(8-6-34)28(3)16-37-15-23(28)29/h9-14,18,23,25-26H,5-8,15-16H2,1-4H3,(H,30,32,36)/t18?,23-,25?,26?,28+/m0/s1. The molecular weight excluding hydrogens is 471 g/mol. The van der Waals surface area contributed by atoms with E-state index in [1.54, 1.807) is 4.68 Å². The van der Waals surface area contributed by atoms with E-state index in [1.807, 2.05) is 38.6 Å². The molecule has 6 rings (SSSR count). The zero-order valence-electron chi connectivity index (χ0n) is 21.9. The fourth-order valence-electron chi connectivity index (χ4n) is 6.29. The van der Waals surface area contributed by atoms with E-state index in [0.29, 0.717) is 12.4 Å². The van der Waals surface area contributed by atoms with Crippen LogP contribution in [-0.2, 0) is 16.6 Å². The van der Waals surface area contributed by atoms with Crippen molar-refractivity contribution in [2.45, 2.75) is 38.4 Å². The Morgan fingerprint density at radius 2 is 1.95 bits per heavy atom. The summed E-state index contributed by atoms with van der Waals surface area (Å²) in [5, 5.41) is 9.39. The van der Waals surface area contributed by atoms with E-state index in [4.69, 9.17) is 4.74 Å². The molecule has 196 valence electrons. The monoisotopic (exact) mass is 506 g/mol. The molecule has 0 radical (unpaired) electrons. The lowest BCUT2D eigenvalue weighted by atomic mass is 9.96. The van der Waals surface area contributed by atoms with Crippen LogP contribution in [0.25, 0.3) is 10.8 Å². The van der Waals surface area contributed by atoms with Crippen molar-refractivity contribution in [1.29, 1.82) is 0 Å². The van der Waals surface area contributed by atoms with E-state index < -0.39 is 11.7 Å². The summed E-state index contributed by atoms with van der Waals surface area (Å²) < 4.78 is 21.7. The number of halogens is 1. The van der Waals surface area contributed by atoms with Gasteiger partial charge in [-0.2, -0.15) is 5.10 Å². The quantitative estimate of drug-likeness (QED) is 0.571. The molecule has 1 saturated carbocycles. The number of ether oxygens (including phenoxy) is 1. The van der Waals surface area contributed by atoms with Crippen molar-refractivity contribution in [1.82, 2.24) is 19.7 Å². The van der Waals surface area contributed by atoms with Gasteiger partial charge in [-0.25, -0.2) is 9.37 Å². The summed E-state index contributed by atoms with van der Waals surface area (Å²) in [5.41, 5.74) is 2.94. The molecule has 2 aromatic heterocycles. The van der Waals surface area contributed by atoms with Crippen molar-refractivity contribution in [2.24, 2.45) is 18.9 Å². The van der Waals surface area contributed by atoms with Gasteiger partial charge in [-0.15, -0.1) is 0 Å². The minimum Gasteiger partial charge on any atom is -0.376 e. The average Bonchev–Trinajstić information content (AvgIpc) is 3.15. The summed E-state index contributed by atoms with van der Waals surface area (Å²) in [6.07, 6.45) is 4.73. The molecule has 9 heteroatoms. The van der Waals surface area contributed by atoms with Crippen molar-refractivity contribution in [3.8, 4) is 0 Å². The molecule has 3 unspecified atom stereocenters. The van der Waals surface area contributed by atoms with Gasteiger partial charge in [-0.1, -0.05) is 6.92 Å². The van der Waals surface area contributed by atoms with Crippen molar-refractivity contribution in [2.75, 3.05) is 49.6 Å². The van der Waals surface area contributed by atoms with Crippen LogP contribution in [0.4, 0.5) is 15.9 Å². The smallest absolute Gasteiger partial charge is 0.229 e. The maximum absolute atomic E-state index is 14.5. The number of rotatable bonds is 5. The molecule has 0 spiro atoms. The van der Waals surface area contributed by atoms with Crippen LogP contribution in [-0.4, -0.2) is 76.7 Å². The third kappa shape index (κ3) is 4.28. The molecule has 1 N–H and O–H groups in total. The van der Waals surface area contributed by atoms with E-state index >= 15 is 0 Å². The number of anilines is 2. The Bertz CT molecular complexity index is 1340. The highest BCUT2D eigenvalue weighted by Gasteiger charge is 2.53. The van der Waals surface area contributed by atoms with Gasteiger partial charge in [0.25, 0.3) is 0 Å². The molecule has 1 amide bonds. The van der Waals surface area contributed by atoms with Crippen LogP contribution in [0.15, 0.2) is 36.8 Å². The Balaban J connectivity index is 1.16. The lowest BCUT2D eigenvalue weighted by molar-refractivity contribution is -0.117. The van der Waals surface area contributed by atoms with Crippen molar-refractivity contribution in [3.05, 3.63) is 47.9 Å². The van der Waals surface area contributed by atoms with Gasteiger partial charge >= 0.3 is 0 Å². The first-order valence-corrected chi connectivity index (χ1v) is 13.2. The summed E-state index contributed by atoms with van der Waals surface area (Å²) in [4.78, 5) is 22.2. The van der Waals surface area contributed by atoms with Crippen LogP contribution >= 0.6 is 0 Å². The van der Waals surface area contributed by atoms with Gasteiger partial charge in [-0.05, 0) is 54.5 Å². The van der Waals surface area contributed by atoms with Gasteiger partial charge in [0.2, 0.25) is 5.91 Å². The molecule has 2 saturated heterocycles. The molecule has 3 fully saturated rings. The highest BCUT2D eigenvalue weighted by atomic mass is 19.1. The van der Waals surface area contributed by atoms with Crippen LogP contribution in [0, 0.1) is 18.8 Å². The maximum atomic E-state index is 14.5. The normalized spacial score (nSPS) is 30.1. The molecule has 0 bridgehead atoms. The Morgan fingerprint density at radius 1 is 1.16 bits per heavy atom. The van der Waals surface area contributed by atoms with Crippen LogP contribution in [0.1, 0.15) is 30.9 Å². The maximum Gasteiger partial charge on any atom is 0.229 e. The number of nitrogens with one attached hydrogen (secondary N) is 1. The molecular formula is C28H35FN6O2. The number of hydrogen-bond donors (Lipinski definition) is 1. The second-order valence-corrected chi connectivity index (χ2v) is 11.2. The van der Waals surface area contributed by atoms with Crippen LogP contribution in [0.3, 0.4) is 0 Å². The van der Waals surface area contributed by atoms with Gasteiger partial charge in [0.15, 0.2) is 0 Å². The molecule has 3 aromatic rings. The topological polar surface area (TPSA) is 75.5 Å². The van der Waals surface area contributed by atoms with Gasteiger partial charge < -0.3 is 15.0 Å². The van der Waals surface area contributed by atoms with E-state index in [9.17, 15) is 9.18 Å². The summed E-state index contributed by atoms with van der Waals surface area (Å²) in [7, 11) is 1.89. The van der Waals surface area contributed by atoms with Crippen molar-refractivity contribution in [3.63, 3.8) is 0 Å². The van der Waals surface area contributed by atoms with Gasteiger partial charge in [0.1, 0.15) is 12.0 Å². The fourth-order valence-corrected chi connectivity index (χ4v) is 6.29. The molecule has 2 aliphatic heterocycles. The minimum absolute atomic E-state index is 0.00668. The number of nitrogens with zero attached hydrogens (tertiary/aromatic N) is 5. The van der Waals surface area contributed by atoms with Gasteiger partial charge in [0.05, 0.1) is 24.9 Å². The lowest BCUT2D eigenvalue weighted by Gasteiger charge is -2.45. The molecule has 37 heavy (non-hydrogen) atoms. The number of benzene rings is 1. The number of piperazine rings is 1.